The van der Waals surface area contributed by atoms with E-state index in [1.807, 2.05) is 38.2 Å². The third kappa shape index (κ3) is 4.90. The summed E-state index contributed by atoms with van der Waals surface area (Å²) in [6.45, 7) is 8.12. The smallest absolute Gasteiger partial charge is 0.251 e. The van der Waals surface area contributed by atoms with E-state index in [0.717, 1.165) is 53.8 Å². The van der Waals surface area contributed by atoms with Crippen molar-refractivity contribution in [2.45, 2.75) is 65.0 Å². The number of hydrogen-bond donors (Lipinski definition) is 3. The van der Waals surface area contributed by atoms with Crippen LogP contribution < -0.4 is 10.6 Å². The van der Waals surface area contributed by atoms with E-state index in [0.29, 0.717) is 11.6 Å². The van der Waals surface area contributed by atoms with Crippen molar-refractivity contribution in [1.29, 1.82) is 0 Å². The minimum absolute atomic E-state index is 0.00604. The molecule has 1 aliphatic carbocycles. The molecule has 0 atom stereocenters. The second-order valence-corrected chi connectivity index (χ2v) is 8.43. The third-order valence-corrected chi connectivity index (χ3v) is 5.06. The summed E-state index contributed by atoms with van der Waals surface area (Å²) in [4.78, 5) is 17.1. The first-order valence-corrected chi connectivity index (χ1v) is 10.1. The highest BCUT2D eigenvalue weighted by atomic mass is 16.3. The Balaban J connectivity index is 1.93. The van der Waals surface area contributed by atoms with Crippen molar-refractivity contribution in [3.8, 4) is 11.1 Å². The summed E-state index contributed by atoms with van der Waals surface area (Å²) in [5.41, 5.74) is 4.52. The van der Waals surface area contributed by atoms with Gasteiger partial charge < -0.3 is 15.7 Å². The molecule has 5 heteroatoms. The normalized spacial score (nSPS) is 14.0. The van der Waals surface area contributed by atoms with E-state index in [9.17, 15) is 9.90 Å². The summed E-state index contributed by atoms with van der Waals surface area (Å²) < 4.78 is 0. The van der Waals surface area contributed by atoms with Crippen LogP contribution in [0.15, 0.2) is 30.5 Å². The van der Waals surface area contributed by atoms with Crippen LogP contribution in [-0.2, 0) is 6.42 Å². The molecule has 0 saturated heterocycles. The van der Waals surface area contributed by atoms with Crippen molar-refractivity contribution in [3.63, 3.8) is 0 Å². The molecule has 0 spiro atoms. The molecule has 0 aliphatic heterocycles. The zero-order chi connectivity index (χ0) is 20.3. The Morgan fingerprint density at radius 2 is 2.04 bits per heavy atom. The van der Waals surface area contributed by atoms with Gasteiger partial charge in [0.15, 0.2) is 0 Å². The van der Waals surface area contributed by atoms with Gasteiger partial charge in [0.05, 0.1) is 12.1 Å². The molecule has 2 aromatic rings. The van der Waals surface area contributed by atoms with Crippen molar-refractivity contribution >= 4 is 11.7 Å². The molecular formula is C23H31N3O2. The second kappa shape index (κ2) is 8.31. The average Bonchev–Trinajstić information content (AvgIpc) is 3.47. The van der Waals surface area contributed by atoms with E-state index in [-0.39, 0.29) is 12.5 Å². The van der Waals surface area contributed by atoms with Gasteiger partial charge in [-0.25, -0.2) is 4.98 Å². The molecule has 0 unspecified atom stereocenters. The summed E-state index contributed by atoms with van der Waals surface area (Å²) >= 11 is 0. The highest BCUT2D eigenvalue weighted by molar-refractivity contribution is 5.96. The molecular weight excluding hydrogens is 350 g/mol. The fourth-order valence-corrected chi connectivity index (χ4v) is 3.16. The van der Waals surface area contributed by atoms with E-state index in [4.69, 9.17) is 0 Å². The standard InChI is InChI=1S/C23H31N3O2/c1-5-6-16-11-18(13-24-21(16)26-23(3,4)14-27)20-12-17(8-7-15(20)2)22(28)25-19-9-10-19/h7-8,11-13,19,27H,5-6,9-10,14H2,1-4H3,(H,24,26)(H,25,28). The van der Waals surface area contributed by atoms with Crippen LogP contribution >= 0.6 is 0 Å². The lowest BCUT2D eigenvalue weighted by Crippen LogP contribution is -2.35. The monoisotopic (exact) mass is 381 g/mol. The zero-order valence-corrected chi connectivity index (χ0v) is 17.3. The number of aryl methyl sites for hydroxylation is 2. The third-order valence-electron chi connectivity index (χ3n) is 5.06. The molecule has 28 heavy (non-hydrogen) atoms. The lowest BCUT2D eigenvalue weighted by molar-refractivity contribution is 0.0951. The Morgan fingerprint density at radius 1 is 1.29 bits per heavy atom. The summed E-state index contributed by atoms with van der Waals surface area (Å²) in [6, 6.07) is 8.34. The zero-order valence-electron chi connectivity index (χ0n) is 17.3. The van der Waals surface area contributed by atoms with Crippen LogP contribution in [0.1, 0.15) is 61.5 Å². The lowest BCUT2D eigenvalue weighted by Gasteiger charge is -2.26. The maximum atomic E-state index is 12.4. The van der Waals surface area contributed by atoms with Crippen LogP contribution in [0.2, 0.25) is 0 Å². The number of benzene rings is 1. The highest BCUT2D eigenvalue weighted by Gasteiger charge is 2.24. The fourth-order valence-electron chi connectivity index (χ4n) is 3.16. The fraction of sp³-hybridized carbons (Fsp3) is 0.478. The van der Waals surface area contributed by atoms with Gasteiger partial charge in [-0.1, -0.05) is 19.4 Å². The number of nitrogens with one attached hydrogen (secondary N) is 2. The predicted molar refractivity (Wildman–Crippen MR) is 114 cm³/mol. The van der Waals surface area contributed by atoms with E-state index < -0.39 is 5.54 Å². The summed E-state index contributed by atoms with van der Waals surface area (Å²) in [7, 11) is 0. The van der Waals surface area contributed by atoms with E-state index in [2.05, 4.69) is 35.5 Å². The van der Waals surface area contributed by atoms with Crippen LogP contribution in [0.3, 0.4) is 0 Å². The van der Waals surface area contributed by atoms with Gasteiger partial charge in [-0.2, -0.15) is 0 Å². The van der Waals surface area contributed by atoms with Gasteiger partial charge in [0.25, 0.3) is 5.91 Å². The van der Waals surface area contributed by atoms with E-state index in [1.165, 1.54) is 0 Å². The van der Waals surface area contributed by atoms with Crippen LogP contribution in [0.5, 0.6) is 0 Å². The Labute approximate surface area is 167 Å². The van der Waals surface area contributed by atoms with Crippen molar-refractivity contribution in [3.05, 3.63) is 47.2 Å². The lowest BCUT2D eigenvalue weighted by atomic mass is 9.96. The van der Waals surface area contributed by atoms with Crippen molar-refractivity contribution < 1.29 is 9.90 Å². The topological polar surface area (TPSA) is 74.2 Å². The first-order chi connectivity index (χ1) is 13.3. The minimum atomic E-state index is -0.437. The maximum Gasteiger partial charge on any atom is 0.251 e. The van der Waals surface area contributed by atoms with Crippen molar-refractivity contribution in [1.82, 2.24) is 10.3 Å². The molecule has 1 heterocycles. The van der Waals surface area contributed by atoms with E-state index >= 15 is 0 Å². The molecule has 1 aliphatic rings. The first kappa shape index (κ1) is 20.3. The molecule has 1 aromatic heterocycles. The highest BCUT2D eigenvalue weighted by Crippen LogP contribution is 2.29. The van der Waals surface area contributed by atoms with Gasteiger partial charge in [0.1, 0.15) is 5.82 Å². The molecule has 3 N–H and O–H groups in total. The molecule has 1 amide bonds. The van der Waals surface area contributed by atoms with Gasteiger partial charge in [-0.05, 0) is 74.9 Å². The van der Waals surface area contributed by atoms with E-state index in [1.54, 1.807) is 0 Å². The molecule has 150 valence electrons. The van der Waals surface area contributed by atoms with Crippen molar-refractivity contribution in [2.75, 3.05) is 11.9 Å². The number of anilines is 1. The predicted octanol–water partition coefficient (Wildman–Crippen LogP) is 4.08. The van der Waals surface area contributed by atoms with Crippen molar-refractivity contribution in [2.24, 2.45) is 0 Å². The van der Waals surface area contributed by atoms with Crippen LogP contribution in [-0.4, -0.2) is 34.2 Å². The average molecular weight is 382 g/mol. The quantitative estimate of drug-likeness (QED) is 0.644. The number of pyridine rings is 1. The SMILES string of the molecule is CCCc1cc(-c2cc(C(=O)NC3CC3)ccc2C)cnc1NC(C)(C)CO. The summed E-state index contributed by atoms with van der Waals surface area (Å²) in [6.07, 6.45) is 5.90. The second-order valence-electron chi connectivity index (χ2n) is 8.43. The number of aliphatic hydroxyl groups excluding tert-OH is 1. The number of rotatable bonds is 8. The van der Waals surface area contributed by atoms with Crippen LogP contribution in [0, 0.1) is 6.92 Å². The molecule has 5 nitrogen and oxygen atoms in total. The molecule has 0 radical (unpaired) electrons. The number of amides is 1. The molecule has 1 fully saturated rings. The van der Waals surface area contributed by atoms with Gasteiger partial charge in [-0.15, -0.1) is 0 Å². The van der Waals surface area contributed by atoms with Gasteiger partial charge in [0, 0.05) is 23.4 Å². The van der Waals surface area contributed by atoms with Crippen LogP contribution in [0.4, 0.5) is 5.82 Å². The Hall–Kier alpha value is -2.40. The largest absolute Gasteiger partial charge is 0.394 e. The number of carbonyl (C=O) groups is 1. The molecule has 3 rings (SSSR count). The maximum absolute atomic E-state index is 12.4. The van der Waals surface area contributed by atoms with Gasteiger partial charge in [0.2, 0.25) is 0 Å². The minimum Gasteiger partial charge on any atom is -0.394 e. The molecule has 1 aromatic carbocycles. The Kier molecular flexibility index (Phi) is 6.04. The summed E-state index contributed by atoms with van der Waals surface area (Å²) in [5, 5.41) is 16.0. The van der Waals surface area contributed by atoms with Gasteiger partial charge in [-0.3, -0.25) is 4.79 Å². The van der Waals surface area contributed by atoms with Crippen LogP contribution in [0.25, 0.3) is 11.1 Å². The number of hydrogen-bond acceptors (Lipinski definition) is 4. The number of carbonyl (C=O) groups excluding carboxylic acids is 1. The number of aliphatic hydroxyl groups is 1. The summed E-state index contributed by atoms with van der Waals surface area (Å²) in [5.74, 6) is 0.804. The Morgan fingerprint density at radius 3 is 2.68 bits per heavy atom. The first-order valence-electron chi connectivity index (χ1n) is 10.1. The number of nitrogens with zero attached hydrogens (tertiary/aromatic N) is 1. The Bertz CT molecular complexity index is 857. The molecule has 0 bridgehead atoms. The molecule has 1 saturated carbocycles. The number of aromatic nitrogens is 1. The van der Waals surface area contributed by atoms with Gasteiger partial charge >= 0.3 is 0 Å².